The predicted molar refractivity (Wildman–Crippen MR) is 115 cm³/mol. The fourth-order valence-corrected chi connectivity index (χ4v) is 4.45. The van der Waals surface area contributed by atoms with Gasteiger partial charge in [0.15, 0.2) is 0 Å². The molecular weight excluding hydrogens is 388 g/mol. The summed E-state index contributed by atoms with van der Waals surface area (Å²) in [5, 5.41) is 0.542. The van der Waals surface area contributed by atoms with E-state index in [2.05, 4.69) is 18.8 Å². The van der Waals surface area contributed by atoms with Gasteiger partial charge in [-0.2, -0.15) is 0 Å². The second-order valence-electron chi connectivity index (χ2n) is 7.86. The van der Waals surface area contributed by atoms with Gasteiger partial charge in [-0.25, -0.2) is 0 Å². The molecule has 0 spiro atoms. The minimum absolute atomic E-state index is 0.00246. The molecule has 0 aromatic heterocycles. The van der Waals surface area contributed by atoms with Crippen LogP contribution in [0.4, 0.5) is 0 Å². The molecule has 4 nitrogen and oxygen atoms in total. The molecule has 0 aliphatic heterocycles. The lowest BCUT2D eigenvalue weighted by molar-refractivity contribution is -0.159. The summed E-state index contributed by atoms with van der Waals surface area (Å²) in [5.41, 5.74) is 1.82. The van der Waals surface area contributed by atoms with Gasteiger partial charge in [-0.1, -0.05) is 24.4 Å². The topological polar surface area (TPSA) is 52.6 Å². The van der Waals surface area contributed by atoms with E-state index >= 15 is 0 Å². The lowest BCUT2D eigenvalue weighted by Gasteiger charge is -2.37. The quantitative estimate of drug-likeness (QED) is 0.438. The number of aryl methyl sites for hydroxylation is 1. The molecule has 29 heavy (non-hydrogen) atoms. The SMILES string of the molecule is CC#Cc1cc(C)c(CC(=O)CC2(C(=O)OC)CCC(OCCC)CC2)c(Cl)c1. The minimum Gasteiger partial charge on any atom is -0.469 e. The van der Waals surface area contributed by atoms with Gasteiger partial charge in [0.1, 0.15) is 5.78 Å². The highest BCUT2D eigenvalue weighted by atomic mass is 35.5. The van der Waals surface area contributed by atoms with Gasteiger partial charge >= 0.3 is 5.97 Å². The first-order valence-electron chi connectivity index (χ1n) is 10.3. The highest BCUT2D eigenvalue weighted by Crippen LogP contribution is 2.42. The van der Waals surface area contributed by atoms with Crippen molar-refractivity contribution in [2.24, 2.45) is 5.41 Å². The predicted octanol–water partition coefficient (Wildman–Crippen LogP) is 5.05. The van der Waals surface area contributed by atoms with E-state index in [0.29, 0.717) is 17.9 Å². The molecular formula is C24H31ClO4. The van der Waals surface area contributed by atoms with Crippen molar-refractivity contribution in [2.75, 3.05) is 13.7 Å². The van der Waals surface area contributed by atoms with E-state index in [9.17, 15) is 9.59 Å². The molecule has 0 radical (unpaired) electrons. The number of hydrogen-bond acceptors (Lipinski definition) is 4. The summed E-state index contributed by atoms with van der Waals surface area (Å²) in [6, 6.07) is 3.73. The van der Waals surface area contributed by atoms with Crippen molar-refractivity contribution in [1.82, 2.24) is 0 Å². The summed E-state index contributed by atoms with van der Waals surface area (Å²) < 4.78 is 10.9. The van der Waals surface area contributed by atoms with Crippen LogP contribution in [0.2, 0.25) is 5.02 Å². The zero-order valence-electron chi connectivity index (χ0n) is 17.9. The van der Waals surface area contributed by atoms with Gasteiger partial charge in [-0.15, -0.1) is 5.92 Å². The molecule has 5 heteroatoms. The van der Waals surface area contributed by atoms with E-state index < -0.39 is 5.41 Å². The molecule has 1 fully saturated rings. The molecule has 0 bridgehead atoms. The van der Waals surface area contributed by atoms with Crippen molar-refractivity contribution in [3.63, 3.8) is 0 Å². The molecule has 158 valence electrons. The highest BCUT2D eigenvalue weighted by Gasteiger charge is 2.44. The Morgan fingerprint density at radius 2 is 1.97 bits per heavy atom. The van der Waals surface area contributed by atoms with Crippen LogP contribution in [-0.4, -0.2) is 31.6 Å². The number of halogens is 1. The largest absolute Gasteiger partial charge is 0.469 e. The van der Waals surface area contributed by atoms with Gasteiger partial charge in [0, 0.05) is 30.0 Å². The summed E-state index contributed by atoms with van der Waals surface area (Å²) in [6.07, 6.45) is 4.27. The zero-order chi connectivity index (χ0) is 21.4. The fraction of sp³-hybridized carbons (Fsp3) is 0.583. The van der Waals surface area contributed by atoms with Gasteiger partial charge in [0.2, 0.25) is 0 Å². The number of benzene rings is 1. The summed E-state index contributed by atoms with van der Waals surface area (Å²) >= 11 is 6.42. The van der Waals surface area contributed by atoms with Gasteiger partial charge in [-0.3, -0.25) is 9.59 Å². The van der Waals surface area contributed by atoms with Gasteiger partial charge in [0.25, 0.3) is 0 Å². The van der Waals surface area contributed by atoms with Crippen molar-refractivity contribution in [3.05, 3.63) is 33.8 Å². The standard InChI is InChI=1S/C24H31ClO4/c1-5-7-18-13-17(3)21(22(25)14-18)15-19(26)16-24(23(27)28-4)10-8-20(9-11-24)29-12-6-2/h13-14,20H,6,8-12,15-16H2,1-4H3. The van der Waals surface area contributed by atoms with Crippen LogP contribution < -0.4 is 0 Å². The first-order valence-corrected chi connectivity index (χ1v) is 10.7. The van der Waals surface area contributed by atoms with Crippen molar-refractivity contribution >= 4 is 23.4 Å². The Morgan fingerprint density at radius 1 is 1.28 bits per heavy atom. The molecule has 0 amide bonds. The van der Waals surface area contributed by atoms with Gasteiger partial charge in [-0.05, 0) is 69.2 Å². The summed E-state index contributed by atoms with van der Waals surface area (Å²) in [7, 11) is 1.39. The maximum absolute atomic E-state index is 12.9. The lowest BCUT2D eigenvalue weighted by Crippen LogP contribution is -2.40. The second kappa shape index (κ2) is 10.8. The van der Waals surface area contributed by atoms with Crippen LogP contribution in [0.3, 0.4) is 0 Å². The van der Waals surface area contributed by atoms with E-state index in [1.807, 2.05) is 13.0 Å². The second-order valence-corrected chi connectivity index (χ2v) is 8.27. The Balaban J connectivity index is 2.12. The average molecular weight is 419 g/mol. The summed E-state index contributed by atoms with van der Waals surface area (Å²) in [5.74, 6) is 5.55. The van der Waals surface area contributed by atoms with Crippen LogP contribution in [0.25, 0.3) is 0 Å². The number of carbonyl (C=O) groups excluding carboxylic acids is 2. The molecule has 0 saturated heterocycles. The average Bonchev–Trinajstić information content (AvgIpc) is 2.70. The van der Waals surface area contributed by atoms with Crippen LogP contribution in [-0.2, 0) is 25.5 Å². The van der Waals surface area contributed by atoms with Crippen LogP contribution >= 0.6 is 11.6 Å². The maximum Gasteiger partial charge on any atom is 0.312 e. The number of ether oxygens (including phenoxy) is 2. The smallest absolute Gasteiger partial charge is 0.312 e. The number of carbonyl (C=O) groups is 2. The zero-order valence-corrected chi connectivity index (χ0v) is 18.7. The summed E-state index contributed by atoms with van der Waals surface area (Å²) in [6.45, 7) is 6.51. The molecule has 1 aromatic carbocycles. The Kier molecular flexibility index (Phi) is 8.74. The fourth-order valence-electron chi connectivity index (χ4n) is 4.12. The molecule has 0 heterocycles. The molecule has 0 unspecified atom stereocenters. The van der Waals surface area contributed by atoms with E-state index in [1.54, 1.807) is 13.0 Å². The summed E-state index contributed by atoms with van der Waals surface area (Å²) in [4.78, 5) is 25.5. The van der Waals surface area contributed by atoms with Crippen molar-refractivity contribution < 1.29 is 19.1 Å². The monoisotopic (exact) mass is 418 g/mol. The first kappa shape index (κ1) is 23.4. The maximum atomic E-state index is 12.9. The van der Waals surface area contributed by atoms with E-state index in [0.717, 1.165) is 42.6 Å². The molecule has 2 rings (SSSR count). The highest BCUT2D eigenvalue weighted by molar-refractivity contribution is 6.31. The Morgan fingerprint density at radius 3 is 2.52 bits per heavy atom. The Bertz CT molecular complexity index is 772. The van der Waals surface area contributed by atoms with Crippen molar-refractivity contribution in [3.8, 4) is 11.8 Å². The van der Waals surface area contributed by atoms with Crippen LogP contribution in [0.1, 0.15) is 69.1 Å². The Hall–Kier alpha value is -1.83. The number of esters is 1. The number of hydrogen-bond donors (Lipinski definition) is 0. The Labute approximate surface area is 179 Å². The first-order chi connectivity index (χ1) is 13.8. The molecule has 1 aliphatic carbocycles. The van der Waals surface area contributed by atoms with Crippen LogP contribution in [0, 0.1) is 24.2 Å². The number of Topliss-reactive ketones (excluding diaryl/α,β-unsaturated/α-hetero) is 1. The van der Waals surface area contributed by atoms with Crippen LogP contribution in [0.5, 0.6) is 0 Å². The molecule has 1 saturated carbocycles. The van der Waals surface area contributed by atoms with Crippen LogP contribution in [0.15, 0.2) is 12.1 Å². The van der Waals surface area contributed by atoms with Gasteiger partial charge in [0.05, 0.1) is 18.6 Å². The van der Waals surface area contributed by atoms with Gasteiger partial charge < -0.3 is 9.47 Å². The lowest BCUT2D eigenvalue weighted by atomic mass is 9.69. The molecule has 1 aromatic rings. The minimum atomic E-state index is -0.758. The van der Waals surface area contributed by atoms with Crippen molar-refractivity contribution in [1.29, 1.82) is 0 Å². The van der Waals surface area contributed by atoms with E-state index in [1.165, 1.54) is 7.11 Å². The third-order valence-electron chi connectivity index (χ3n) is 5.66. The normalized spacial score (nSPS) is 21.2. The molecule has 0 N–H and O–H groups in total. The van der Waals surface area contributed by atoms with E-state index in [-0.39, 0.29) is 30.7 Å². The number of ketones is 1. The number of rotatable bonds is 8. The van der Waals surface area contributed by atoms with E-state index in [4.69, 9.17) is 21.1 Å². The number of methoxy groups -OCH3 is 1. The third-order valence-corrected chi connectivity index (χ3v) is 6.00. The third kappa shape index (κ3) is 6.07. The molecule has 0 atom stereocenters. The molecule has 1 aliphatic rings. The van der Waals surface area contributed by atoms with Crippen molar-refractivity contribution in [2.45, 2.75) is 71.8 Å².